The first-order valence-corrected chi connectivity index (χ1v) is 13.4. The van der Waals surface area contributed by atoms with Crippen LogP contribution in [0.2, 0.25) is 5.02 Å². The number of methoxy groups -OCH3 is 2. The van der Waals surface area contributed by atoms with Gasteiger partial charge in [-0.15, -0.1) is 0 Å². The van der Waals surface area contributed by atoms with Crippen LogP contribution < -0.4 is 24.8 Å². The van der Waals surface area contributed by atoms with E-state index in [2.05, 4.69) is 25.6 Å². The van der Waals surface area contributed by atoms with Crippen molar-refractivity contribution in [3.8, 4) is 23.1 Å². The van der Waals surface area contributed by atoms with Crippen LogP contribution in [0.25, 0.3) is 10.9 Å². The first-order chi connectivity index (χ1) is 19.9. The number of hydrogen-bond acceptors (Lipinski definition) is 11. The maximum Gasteiger partial charge on any atom is 0.339 e. The van der Waals surface area contributed by atoms with Gasteiger partial charge in [0.05, 0.1) is 62.2 Å². The average molecular weight is 580 g/mol. The summed E-state index contributed by atoms with van der Waals surface area (Å²) in [6, 6.07) is 10.9. The molecule has 0 spiro atoms. The second-order valence-electron chi connectivity index (χ2n) is 9.13. The Hall–Kier alpha value is -4.19. The number of carbonyl (C=O) groups excluding carboxylic acids is 1. The van der Waals surface area contributed by atoms with Gasteiger partial charge in [0, 0.05) is 24.5 Å². The number of pyridine rings is 1. The fraction of sp³-hybridized carbons (Fsp3) is 0.310. The first-order valence-electron chi connectivity index (χ1n) is 13.0. The highest BCUT2D eigenvalue weighted by Gasteiger charge is 2.20. The number of carbonyl (C=O) groups is 1. The van der Waals surface area contributed by atoms with Crippen molar-refractivity contribution in [2.45, 2.75) is 20.0 Å². The minimum atomic E-state index is -0.433. The molecule has 2 N–H and O–H groups in total. The average Bonchev–Trinajstić information content (AvgIpc) is 2.99. The fourth-order valence-corrected chi connectivity index (χ4v) is 4.56. The van der Waals surface area contributed by atoms with Gasteiger partial charge in [-0.05, 0) is 43.7 Å². The lowest BCUT2D eigenvalue weighted by atomic mass is 10.1. The van der Waals surface area contributed by atoms with Crippen molar-refractivity contribution in [2.24, 2.45) is 0 Å². The van der Waals surface area contributed by atoms with Crippen LogP contribution in [0.4, 0.5) is 11.6 Å². The number of halogens is 1. The van der Waals surface area contributed by atoms with Crippen molar-refractivity contribution in [2.75, 3.05) is 45.8 Å². The van der Waals surface area contributed by atoms with Crippen LogP contribution in [0.1, 0.15) is 34.6 Å². The van der Waals surface area contributed by atoms with Crippen LogP contribution in [0.3, 0.4) is 0 Å². The third-order valence-electron chi connectivity index (χ3n) is 6.48. The zero-order chi connectivity index (χ0) is 28.9. The summed E-state index contributed by atoms with van der Waals surface area (Å²) in [5.74, 6) is 1.27. The van der Waals surface area contributed by atoms with Crippen molar-refractivity contribution in [3.63, 3.8) is 0 Å². The Morgan fingerprint density at radius 3 is 2.68 bits per heavy atom. The molecule has 1 atom stereocenters. The molecule has 3 heterocycles. The van der Waals surface area contributed by atoms with Crippen molar-refractivity contribution in [1.29, 1.82) is 0 Å². The van der Waals surface area contributed by atoms with Crippen LogP contribution in [0.15, 0.2) is 42.6 Å². The number of rotatable bonds is 9. The summed E-state index contributed by atoms with van der Waals surface area (Å²) in [7, 11) is 3.11. The van der Waals surface area contributed by atoms with E-state index < -0.39 is 5.97 Å². The number of anilines is 2. The summed E-state index contributed by atoms with van der Waals surface area (Å²) < 4.78 is 28.3. The molecule has 5 rings (SSSR count). The van der Waals surface area contributed by atoms with E-state index in [9.17, 15) is 4.79 Å². The van der Waals surface area contributed by atoms with Crippen molar-refractivity contribution < 1.29 is 28.5 Å². The zero-order valence-corrected chi connectivity index (χ0v) is 23.9. The number of nitrogens with zero attached hydrogens (tertiary/aromatic N) is 3. The third-order valence-corrected chi connectivity index (χ3v) is 6.74. The minimum absolute atomic E-state index is 0.0505. The predicted molar refractivity (Wildman–Crippen MR) is 154 cm³/mol. The number of hydrogen-bond donors (Lipinski definition) is 2. The molecule has 1 fully saturated rings. The molecule has 1 aliphatic heterocycles. The lowest BCUT2D eigenvalue weighted by Crippen LogP contribution is -2.33. The molecule has 0 amide bonds. The first kappa shape index (κ1) is 28.3. The quantitative estimate of drug-likeness (QED) is 0.248. The van der Waals surface area contributed by atoms with E-state index in [0.29, 0.717) is 51.7 Å². The molecule has 1 saturated heterocycles. The molecular formula is C29H30ClN5O6. The van der Waals surface area contributed by atoms with Crippen LogP contribution in [-0.4, -0.2) is 61.4 Å². The molecule has 11 nitrogen and oxygen atoms in total. The molecule has 1 unspecified atom stereocenters. The molecule has 0 bridgehead atoms. The topological polar surface area (TPSA) is 126 Å². The van der Waals surface area contributed by atoms with Crippen LogP contribution in [0.5, 0.6) is 23.1 Å². The Morgan fingerprint density at radius 2 is 1.95 bits per heavy atom. The number of morpholine rings is 1. The van der Waals surface area contributed by atoms with E-state index in [4.69, 9.17) is 35.3 Å². The molecule has 2 aromatic heterocycles. The summed E-state index contributed by atoms with van der Waals surface area (Å²) in [5, 5.41) is 7.38. The molecule has 4 aromatic rings. The number of benzene rings is 2. The number of ether oxygens (including phenoxy) is 5. The molecule has 1 aliphatic rings. The highest BCUT2D eigenvalue weighted by Crippen LogP contribution is 2.38. The Labute approximate surface area is 242 Å². The van der Waals surface area contributed by atoms with Crippen LogP contribution in [0, 0.1) is 6.92 Å². The van der Waals surface area contributed by atoms with Crippen LogP contribution in [-0.2, 0) is 9.47 Å². The lowest BCUT2D eigenvalue weighted by Gasteiger charge is -2.24. The van der Waals surface area contributed by atoms with Crippen molar-refractivity contribution >= 4 is 40.1 Å². The van der Waals surface area contributed by atoms with Crippen LogP contribution >= 0.6 is 11.6 Å². The van der Waals surface area contributed by atoms with Crippen molar-refractivity contribution in [1.82, 2.24) is 20.3 Å². The highest BCUT2D eigenvalue weighted by atomic mass is 35.5. The van der Waals surface area contributed by atoms with E-state index in [0.717, 1.165) is 18.7 Å². The molecule has 0 aliphatic carbocycles. The van der Waals surface area contributed by atoms with E-state index in [-0.39, 0.29) is 29.6 Å². The number of esters is 1. The SMILES string of the molecule is CCOC(=O)c1cc2cc(OC)c(Oc3nc(Nc4ccc(C5CNCCO5)cc4OC)ncc3Cl)cc2nc1C. The number of aryl methyl sites for hydroxylation is 1. The molecule has 2 aromatic carbocycles. The van der Waals surface area contributed by atoms with Gasteiger partial charge in [-0.1, -0.05) is 17.7 Å². The van der Waals surface area contributed by atoms with Gasteiger partial charge in [-0.3, -0.25) is 4.98 Å². The summed E-state index contributed by atoms with van der Waals surface area (Å²) in [6.07, 6.45) is 1.39. The predicted octanol–water partition coefficient (Wildman–Crippen LogP) is 5.38. The van der Waals surface area contributed by atoms with Crippen molar-refractivity contribution in [3.05, 3.63) is 64.4 Å². The van der Waals surface area contributed by atoms with Gasteiger partial charge in [-0.2, -0.15) is 4.98 Å². The number of fused-ring (bicyclic) bond motifs is 1. The standard InChI is InChI=1S/C29H30ClN5O6/c1-5-39-28(36)19-10-18-12-24(38-4)25(13-22(18)33-16(19)2)41-27-20(30)14-32-29(35-27)34-21-7-6-17(11-23(21)37-3)26-15-31-8-9-40-26/h6-7,10-14,26,31H,5,8-9,15H2,1-4H3,(H,32,34,35). The van der Waals surface area contributed by atoms with E-state index in [1.165, 1.54) is 13.3 Å². The highest BCUT2D eigenvalue weighted by molar-refractivity contribution is 6.31. The summed E-state index contributed by atoms with van der Waals surface area (Å²) in [6.45, 7) is 6.00. The Morgan fingerprint density at radius 1 is 1.12 bits per heavy atom. The Kier molecular flexibility index (Phi) is 8.67. The summed E-state index contributed by atoms with van der Waals surface area (Å²) in [5.41, 5.74) is 3.17. The van der Waals surface area contributed by atoms with E-state index in [1.807, 2.05) is 18.2 Å². The van der Waals surface area contributed by atoms with Gasteiger partial charge in [-0.25, -0.2) is 9.78 Å². The van der Waals surface area contributed by atoms with Gasteiger partial charge >= 0.3 is 5.97 Å². The minimum Gasteiger partial charge on any atom is -0.495 e. The fourth-order valence-electron chi connectivity index (χ4n) is 4.43. The second-order valence-corrected chi connectivity index (χ2v) is 9.54. The van der Waals surface area contributed by atoms with E-state index >= 15 is 0 Å². The smallest absolute Gasteiger partial charge is 0.339 e. The molecule has 0 radical (unpaired) electrons. The van der Waals surface area contributed by atoms with Gasteiger partial charge < -0.3 is 34.3 Å². The number of nitrogens with one attached hydrogen (secondary N) is 2. The zero-order valence-electron chi connectivity index (χ0n) is 23.1. The largest absolute Gasteiger partial charge is 0.495 e. The van der Waals surface area contributed by atoms with Gasteiger partial charge in [0.2, 0.25) is 11.8 Å². The maximum absolute atomic E-state index is 12.3. The maximum atomic E-state index is 12.3. The normalized spacial score (nSPS) is 14.9. The number of aromatic nitrogens is 3. The lowest BCUT2D eigenvalue weighted by molar-refractivity contribution is 0.0276. The second kappa shape index (κ2) is 12.5. The van der Waals surface area contributed by atoms with Gasteiger partial charge in [0.1, 0.15) is 10.8 Å². The molecule has 41 heavy (non-hydrogen) atoms. The monoisotopic (exact) mass is 579 g/mol. The Bertz CT molecular complexity index is 1580. The molecule has 0 saturated carbocycles. The van der Waals surface area contributed by atoms with E-state index in [1.54, 1.807) is 39.2 Å². The van der Waals surface area contributed by atoms with Gasteiger partial charge in [0.15, 0.2) is 11.5 Å². The van der Waals surface area contributed by atoms with Gasteiger partial charge in [0.25, 0.3) is 0 Å². The molecule has 214 valence electrons. The summed E-state index contributed by atoms with van der Waals surface area (Å²) in [4.78, 5) is 25.7. The Balaban J connectivity index is 1.41. The summed E-state index contributed by atoms with van der Waals surface area (Å²) >= 11 is 6.41. The molecular weight excluding hydrogens is 550 g/mol. The third kappa shape index (κ3) is 6.27. The molecule has 12 heteroatoms.